The zero-order valence-electron chi connectivity index (χ0n) is 8.47. The van der Waals surface area contributed by atoms with E-state index in [1.54, 1.807) is 0 Å². The van der Waals surface area contributed by atoms with Gasteiger partial charge in [0.05, 0.1) is 5.38 Å². The van der Waals surface area contributed by atoms with E-state index < -0.39 is 0 Å². The van der Waals surface area contributed by atoms with Gasteiger partial charge < -0.3 is 4.52 Å². The van der Waals surface area contributed by atoms with Gasteiger partial charge in [-0.05, 0) is 6.42 Å². The molecule has 0 radical (unpaired) electrons. The Morgan fingerprint density at radius 1 is 1.46 bits per heavy atom. The largest absolute Gasteiger partial charge is 0.339 e. The predicted octanol–water partition coefficient (Wildman–Crippen LogP) is 3.06. The summed E-state index contributed by atoms with van der Waals surface area (Å²) in [5, 5.41) is 3.70. The van der Waals surface area contributed by atoms with Gasteiger partial charge in [-0.2, -0.15) is 4.98 Å². The second-order valence-corrected chi connectivity index (χ2v) is 4.61. The fourth-order valence-corrected chi connectivity index (χ4v) is 0.938. The quantitative estimate of drug-likeness (QED) is 0.692. The Balaban J connectivity index is 2.87. The lowest BCUT2D eigenvalue weighted by Gasteiger charge is -2.10. The van der Waals surface area contributed by atoms with Gasteiger partial charge in [0.1, 0.15) is 0 Å². The highest BCUT2D eigenvalue weighted by Gasteiger charge is 2.23. The fourth-order valence-electron chi connectivity index (χ4n) is 0.849. The summed E-state index contributed by atoms with van der Waals surface area (Å²) < 4.78 is 5.11. The number of rotatable bonds is 2. The van der Waals surface area contributed by atoms with Crippen LogP contribution >= 0.6 is 11.6 Å². The average molecular weight is 203 g/mol. The van der Waals surface area contributed by atoms with Gasteiger partial charge in [0.15, 0.2) is 5.82 Å². The van der Waals surface area contributed by atoms with E-state index in [1.807, 2.05) is 27.7 Å². The number of nitrogens with zero attached hydrogens (tertiary/aromatic N) is 2. The van der Waals surface area contributed by atoms with Crippen molar-refractivity contribution < 1.29 is 4.52 Å². The van der Waals surface area contributed by atoms with Crippen LogP contribution in [0.5, 0.6) is 0 Å². The summed E-state index contributed by atoms with van der Waals surface area (Å²) in [7, 11) is 0. The smallest absolute Gasteiger partial charge is 0.232 e. The number of halogens is 1. The van der Waals surface area contributed by atoms with Crippen molar-refractivity contribution in [3.63, 3.8) is 0 Å². The van der Waals surface area contributed by atoms with E-state index in [0.29, 0.717) is 11.7 Å². The monoisotopic (exact) mass is 202 g/mol. The van der Waals surface area contributed by atoms with Crippen molar-refractivity contribution in [3.05, 3.63) is 11.7 Å². The third-order valence-electron chi connectivity index (χ3n) is 1.72. The Labute approximate surface area is 83.5 Å². The molecule has 0 aromatic carbocycles. The standard InChI is InChI=1S/C9H15ClN2O/c1-5-6(10)7-11-8(13-12-7)9(2,3)4/h6H,5H2,1-4H3. The molecule has 0 saturated carbocycles. The van der Waals surface area contributed by atoms with Crippen molar-refractivity contribution in [2.75, 3.05) is 0 Å². The summed E-state index contributed by atoms with van der Waals surface area (Å²) in [6, 6.07) is 0. The molecule has 3 nitrogen and oxygen atoms in total. The van der Waals surface area contributed by atoms with Crippen LogP contribution in [0, 0.1) is 0 Å². The first kappa shape index (κ1) is 10.5. The van der Waals surface area contributed by atoms with Gasteiger partial charge in [0, 0.05) is 5.41 Å². The first-order valence-corrected chi connectivity index (χ1v) is 4.87. The lowest BCUT2D eigenvalue weighted by molar-refractivity contribution is 0.318. The van der Waals surface area contributed by atoms with Gasteiger partial charge in [-0.1, -0.05) is 32.9 Å². The highest BCUT2D eigenvalue weighted by molar-refractivity contribution is 6.20. The predicted molar refractivity (Wildman–Crippen MR) is 51.9 cm³/mol. The molecule has 1 rings (SSSR count). The Hall–Kier alpha value is -0.570. The Bertz CT molecular complexity index is 277. The Kier molecular flexibility index (Phi) is 2.96. The van der Waals surface area contributed by atoms with Crippen molar-refractivity contribution in [2.24, 2.45) is 0 Å². The van der Waals surface area contributed by atoms with E-state index in [1.165, 1.54) is 0 Å². The minimum Gasteiger partial charge on any atom is -0.339 e. The molecule has 1 aromatic rings. The highest BCUT2D eigenvalue weighted by atomic mass is 35.5. The van der Waals surface area contributed by atoms with Crippen LogP contribution in [0.2, 0.25) is 0 Å². The Morgan fingerprint density at radius 2 is 2.08 bits per heavy atom. The second kappa shape index (κ2) is 3.66. The van der Waals surface area contributed by atoms with Crippen molar-refractivity contribution in [1.29, 1.82) is 0 Å². The second-order valence-electron chi connectivity index (χ2n) is 4.08. The number of hydrogen-bond donors (Lipinski definition) is 0. The molecule has 1 aromatic heterocycles. The van der Waals surface area contributed by atoms with Crippen LogP contribution in [0.3, 0.4) is 0 Å². The molecule has 0 amide bonds. The first-order chi connectivity index (χ1) is 5.95. The van der Waals surface area contributed by atoms with Gasteiger partial charge >= 0.3 is 0 Å². The van der Waals surface area contributed by atoms with Gasteiger partial charge in [0.25, 0.3) is 0 Å². The summed E-state index contributed by atoms with van der Waals surface area (Å²) in [4.78, 5) is 4.24. The summed E-state index contributed by atoms with van der Waals surface area (Å²) in [5.74, 6) is 1.23. The van der Waals surface area contributed by atoms with E-state index in [-0.39, 0.29) is 10.8 Å². The molecule has 4 heteroatoms. The van der Waals surface area contributed by atoms with Crippen LogP contribution in [-0.4, -0.2) is 10.1 Å². The zero-order valence-corrected chi connectivity index (χ0v) is 9.22. The van der Waals surface area contributed by atoms with Crippen molar-refractivity contribution in [3.8, 4) is 0 Å². The van der Waals surface area contributed by atoms with Crippen LogP contribution in [0.25, 0.3) is 0 Å². The van der Waals surface area contributed by atoms with Crippen LogP contribution in [-0.2, 0) is 5.41 Å². The normalized spacial score (nSPS) is 14.5. The number of alkyl halides is 1. The van der Waals surface area contributed by atoms with Crippen LogP contribution < -0.4 is 0 Å². The molecule has 0 spiro atoms. The number of aromatic nitrogens is 2. The van der Waals surface area contributed by atoms with Gasteiger partial charge in [0.2, 0.25) is 5.89 Å². The molecule has 1 heterocycles. The minimum absolute atomic E-state index is 0.102. The first-order valence-electron chi connectivity index (χ1n) is 4.43. The molecular weight excluding hydrogens is 188 g/mol. The van der Waals surface area contributed by atoms with E-state index in [2.05, 4.69) is 10.1 Å². The van der Waals surface area contributed by atoms with Gasteiger partial charge in [-0.3, -0.25) is 0 Å². The van der Waals surface area contributed by atoms with Crippen molar-refractivity contribution in [1.82, 2.24) is 10.1 Å². The molecule has 0 aliphatic heterocycles. The molecule has 74 valence electrons. The lowest BCUT2D eigenvalue weighted by atomic mass is 9.97. The van der Waals surface area contributed by atoms with Crippen molar-refractivity contribution >= 4 is 11.6 Å². The maximum atomic E-state index is 5.97. The van der Waals surface area contributed by atoms with E-state index in [0.717, 1.165) is 6.42 Å². The molecule has 1 unspecified atom stereocenters. The lowest BCUT2D eigenvalue weighted by Crippen LogP contribution is -2.11. The van der Waals surface area contributed by atoms with Gasteiger partial charge in [-0.25, -0.2) is 0 Å². The summed E-state index contributed by atoms with van der Waals surface area (Å²) in [6.45, 7) is 8.07. The van der Waals surface area contributed by atoms with Gasteiger partial charge in [-0.15, -0.1) is 11.6 Å². The molecule has 1 atom stereocenters. The van der Waals surface area contributed by atoms with Crippen LogP contribution in [0.15, 0.2) is 4.52 Å². The SMILES string of the molecule is CCC(Cl)c1noc(C(C)(C)C)n1. The summed E-state index contributed by atoms with van der Waals surface area (Å²) in [6.07, 6.45) is 0.810. The fraction of sp³-hybridized carbons (Fsp3) is 0.778. The summed E-state index contributed by atoms with van der Waals surface area (Å²) in [5.41, 5.74) is -0.102. The zero-order chi connectivity index (χ0) is 10.1. The topological polar surface area (TPSA) is 38.9 Å². The molecule has 0 aliphatic carbocycles. The molecule has 0 bridgehead atoms. The summed E-state index contributed by atoms with van der Waals surface area (Å²) >= 11 is 5.97. The number of hydrogen-bond acceptors (Lipinski definition) is 3. The van der Waals surface area contributed by atoms with Crippen LogP contribution in [0.1, 0.15) is 51.2 Å². The maximum absolute atomic E-state index is 5.97. The molecule has 0 aliphatic rings. The van der Waals surface area contributed by atoms with E-state index in [4.69, 9.17) is 16.1 Å². The third-order valence-corrected chi connectivity index (χ3v) is 2.23. The molecule has 0 N–H and O–H groups in total. The molecule has 0 saturated heterocycles. The third kappa shape index (κ3) is 2.44. The molecule has 0 fully saturated rings. The van der Waals surface area contributed by atoms with Crippen molar-refractivity contribution in [2.45, 2.75) is 44.9 Å². The molecular formula is C9H15ClN2O. The van der Waals surface area contributed by atoms with E-state index in [9.17, 15) is 0 Å². The highest BCUT2D eigenvalue weighted by Crippen LogP contribution is 2.25. The Morgan fingerprint density at radius 3 is 2.46 bits per heavy atom. The minimum atomic E-state index is -0.139. The maximum Gasteiger partial charge on any atom is 0.232 e. The molecule has 13 heavy (non-hydrogen) atoms. The van der Waals surface area contributed by atoms with E-state index >= 15 is 0 Å². The average Bonchev–Trinajstić information content (AvgIpc) is 2.50. The van der Waals surface area contributed by atoms with Crippen LogP contribution in [0.4, 0.5) is 0 Å².